The van der Waals surface area contributed by atoms with Crippen LogP contribution in [0.25, 0.3) is 0 Å². The molecule has 0 saturated heterocycles. The molecule has 0 fully saturated rings. The topological polar surface area (TPSA) is 72.6 Å². The van der Waals surface area contributed by atoms with E-state index in [0.717, 1.165) is 0 Å². The molecule has 9 heavy (non-hydrogen) atoms. The second-order valence-corrected chi connectivity index (χ2v) is 1.63. The molecule has 5 nitrogen and oxygen atoms in total. The SMILES string of the molecule is CC(COCO)[N+](=O)[O-]. The number of hydrogen-bond acceptors (Lipinski definition) is 4. The predicted molar refractivity (Wildman–Crippen MR) is 29.5 cm³/mol. The van der Waals surface area contributed by atoms with Gasteiger partial charge in [0.25, 0.3) is 0 Å². The van der Waals surface area contributed by atoms with E-state index in [1.807, 2.05) is 0 Å². The maximum atomic E-state index is 9.85. The summed E-state index contributed by atoms with van der Waals surface area (Å²) in [5.74, 6) is 0. The number of hydrogen-bond donors (Lipinski definition) is 1. The summed E-state index contributed by atoms with van der Waals surface area (Å²) in [6.07, 6.45) is 0. The molecule has 0 aliphatic heterocycles. The fraction of sp³-hybridized carbons (Fsp3) is 1.00. The standard InChI is InChI=1S/C4H9NO4/c1-4(5(7)8)2-9-3-6/h4,6H,2-3H2,1H3. The van der Waals surface area contributed by atoms with Gasteiger partial charge in [0, 0.05) is 11.8 Å². The minimum absolute atomic E-state index is 0.0382. The van der Waals surface area contributed by atoms with E-state index in [2.05, 4.69) is 4.74 Å². The fourth-order valence-electron chi connectivity index (χ4n) is 0.284. The third-order valence-corrected chi connectivity index (χ3v) is 0.810. The van der Waals surface area contributed by atoms with Gasteiger partial charge in [-0.15, -0.1) is 0 Å². The zero-order valence-electron chi connectivity index (χ0n) is 5.11. The molecule has 1 atom stereocenters. The normalized spacial score (nSPS) is 13.1. The molecule has 0 spiro atoms. The Kier molecular flexibility index (Phi) is 3.90. The van der Waals surface area contributed by atoms with Gasteiger partial charge in [-0.3, -0.25) is 10.1 Å². The number of ether oxygens (including phenoxy) is 1. The van der Waals surface area contributed by atoms with Crippen molar-refractivity contribution in [2.45, 2.75) is 13.0 Å². The summed E-state index contributed by atoms with van der Waals surface area (Å²) < 4.78 is 4.37. The molecular weight excluding hydrogens is 126 g/mol. The van der Waals surface area contributed by atoms with Gasteiger partial charge in [0.2, 0.25) is 6.04 Å². The van der Waals surface area contributed by atoms with Crippen LogP contribution in [0, 0.1) is 10.1 Å². The lowest BCUT2D eigenvalue weighted by Crippen LogP contribution is -2.21. The second-order valence-electron chi connectivity index (χ2n) is 1.63. The summed E-state index contributed by atoms with van der Waals surface area (Å²) in [7, 11) is 0. The van der Waals surface area contributed by atoms with Crippen LogP contribution in [0.2, 0.25) is 0 Å². The maximum absolute atomic E-state index is 9.85. The van der Waals surface area contributed by atoms with Gasteiger partial charge < -0.3 is 9.84 Å². The van der Waals surface area contributed by atoms with Crippen LogP contribution in [0.5, 0.6) is 0 Å². The van der Waals surface area contributed by atoms with Crippen LogP contribution in [0.3, 0.4) is 0 Å². The Morgan fingerprint density at radius 1 is 1.89 bits per heavy atom. The Labute approximate surface area is 52.4 Å². The van der Waals surface area contributed by atoms with Crippen molar-refractivity contribution in [2.24, 2.45) is 0 Å². The highest BCUT2D eigenvalue weighted by molar-refractivity contribution is 4.41. The molecule has 0 rings (SSSR count). The highest BCUT2D eigenvalue weighted by Gasteiger charge is 2.11. The minimum Gasteiger partial charge on any atom is -0.371 e. The molecule has 0 radical (unpaired) electrons. The van der Waals surface area contributed by atoms with Crippen LogP contribution in [-0.2, 0) is 4.74 Å². The average Bonchev–Trinajstić information content (AvgIpc) is 1.82. The number of aliphatic hydroxyl groups is 1. The minimum atomic E-state index is -0.739. The molecule has 0 saturated carbocycles. The molecule has 0 aromatic carbocycles. The lowest BCUT2D eigenvalue weighted by molar-refractivity contribution is -0.522. The largest absolute Gasteiger partial charge is 0.371 e. The monoisotopic (exact) mass is 135 g/mol. The van der Waals surface area contributed by atoms with Gasteiger partial charge in [-0.1, -0.05) is 0 Å². The van der Waals surface area contributed by atoms with Crippen molar-refractivity contribution in [1.82, 2.24) is 0 Å². The Bertz CT molecular complexity index is 94.6. The molecule has 54 valence electrons. The predicted octanol–water partition coefficient (Wildman–Crippen LogP) is -0.382. The lowest BCUT2D eigenvalue weighted by Gasteiger charge is -2.00. The lowest BCUT2D eigenvalue weighted by atomic mass is 10.4. The molecule has 0 amide bonds. The molecule has 1 unspecified atom stereocenters. The molecule has 0 aliphatic carbocycles. The van der Waals surface area contributed by atoms with E-state index in [0.29, 0.717) is 0 Å². The van der Waals surface area contributed by atoms with Crippen LogP contribution in [-0.4, -0.2) is 29.5 Å². The van der Waals surface area contributed by atoms with Crippen molar-refractivity contribution in [3.63, 3.8) is 0 Å². The zero-order valence-corrected chi connectivity index (χ0v) is 5.11. The molecular formula is C4H9NO4. The molecule has 0 aliphatic rings. The van der Waals surface area contributed by atoms with Crippen molar-refractivity contribution in [1.29, 1.82) is 0 Å². The summed E-state index contributed by atoms with van der Waals surface area (Å²) in [5.41, 5.74) is 0. The summed E-state index contributed by atoms with van der Waals surface area (Å²) in [4.78, 5) is 9.39. The number of nitrogens with zero attached hydrogens (tertiary/aromatic N) is 1. The first-order valence-corrected chi connectivity index (χ1v) is 2.50. The number of rotatable bonds is 4. The summed E-state index contributed by atoms with van der Waals surface area (Å²) in [6, 6.07) is -0.739. The van der Waals surface area contributed by atoms with Gasteiger partial charge in [0.1, 0.15) is 13.4 Å². The Morgan fingerprint density at radius 3 is 2.78 bits per heavy atom. The van der Waals surface area contributed by atoms with Gasteiger partial charge in [-0.2, -0.15) is 0 Å². The number of aliphatic hydroxyl groups excluding tert-OH is 1. The Morgan fingerprint density at radius 2 is 2.44 bits per heavy atom. The van der Waals surface area contributed by atoms with Crippen molar-refractivity contribution >= 4 is 0 Å². The maximum Gasteiger partial charge on any atom is 0.233 e. The van der Waals surface area contributed by atoms with E-state index in [1.54, 1.807) is 0 Å². The van der Waals surface area contributed by atoms with E-state index >= 15 is 0 Å². The van der Waals surface area contributed by atoms with Crippen LogP contribution in [0.4, 0.5) is 0 Å². The third kappa shape index (κ3) is 3.87. The van der Waals surface area contributed by atoms with Crippen LogP contribution in [0.1, 0.15) is 6.92 Å². The van der Waals surface area contributed by atoms with Crippen molar-refractivity contribution in [3.05, 3.63) is 10.1 Å². The van der Waals surface area contributed by atoms with Crippen LogP contribution in [0.15, 0.2) is 0 Å². The van der Waals surface area contributed by atoms with E-state index in [4.69, 9.17) is 5.11 Å². The average molecular weight is 135 g/mol. The highest BCUT2D eigenvalue weighted by Crippen LogP contribution is 1.87. The van der Waals surface area contributed by atoms with E-state index in [1.165, 1.54) is 6.92 Å². The van der Waals surface area contributed by atoms with Gasteiger partial charge >= 0.3 is 0 Å². The summed E-state index contributed by atoms with van der Waals surface area (Å²) in [5, 5.41) is 17.9. The fourth-order valence-corrected chi connectivity index (χ4v) is 0.284. The summed E-state index contributed by atoms with van der Waals surface area (Å²) >= 11 is 0. The van der Waals surface area contributed by atoms with Gasteiger partial charge in [-0.25, -0.2) is 0 Å². The van der Waals surface area contributed by atoms with Gasteiger partial charge in [-0.05, 0) is 0 Å². The molecule has 0 aromatic heterocycles. The Hall–Kier alpha value is -0.680. The van der Waals surface area contributed by atoms with Gasteiger partial charge in [0.05, 0.1) is 0 Å². The van der Waals surface area contributed by atoms with Crippen molar-refractivity contribution in [3.8, 4) is 0 Å². The smallest absolute Gasteiger partial charge is 0.233 e. The third-order valence-electron chi connectivity index (χ3n) is 0.810. The van der Waals surface area contributed by atoms with Crippen LogP contribution < -0.4 is 0 Å². The zero-order chi connectivity index (χ0) is 7.28. The molecule has 0 heterocycles. The van der Waals surface area contributed by atoms with E-state index < -0.39 is 17.8 Å². The summed E-state index contributed by atoms with van der Waals surface area (Å²) in [6.45, 7) is 0.914. The molecule has 1 N–H and O–H groups in total. The quantitative estimate of drug-likeness (QED) is 0.324. The number of nitro groups is 1. The Balaban J connectivity index is 3.27. The van der Waals surface area contributed by atoms with Crippen LogP contribution >= 0.6 is 0 Å². The van der Waals surface area contributed by atoms with Crippen molar-refractivity contribution in [2.75, 3.05) is 13.4 Å². The van der Waals surface area contributed by atoms with Crippen molar-refractivity contribution < 1.29 is 14.8 Å². The second kappa shape index (κ2) is 4.22. The highest BCUT2D eigenvalue weighted by atomic mass is 16.6. The molecule has 0 bridgehead atoms. The first kappa shape index (κ1) is 8.32. The van der Waals surface area contributed by atoms with E-state index in [9.17, 15) is 10.1 Å². The first-order valence-electron chi connectivity index (χ1n) is 2.50. The van der Waals surface area contributed by atoms with Gasteiger partial charge in [0.15, 0.2) is 0 Å². The molecule has 5 heteroatoms. The van der Waals surface area contributed by atoms with E-state index in [-0.39, 0.29) is 6.61 Å². The molecule has 0 aromatic rings. The first-order chi connectivity index (χ1) is 4.18.